The van der Waals surface area contributed by atoms with Crippen LogP contribution in [0, 0.1) is 5.92 Å². The van der Waals surface area contributed by atoms with Gasteiger partial charge in [-0.25, -0.2) is 8.78 Å². The minimum Gasteiger partial charge on any atom is -0.309 e. The van der Waals surface area contributed by atoms with Crippen LogP contribution in [-0.2, 0) is 0 Å². The Morgan fingerprint density at radius 2 is 2.05 bits per heavy atom. The number of aromatic nitrogens is 2. The van der Waals surface area contributed by atoms with E-state index in [-0.39, 0.29) is 30.8 Å². The maximum absolute atomic E-state index is 13.4. The molecule has 1 aromatic heterocycles. The average molecular weight is 364 g/mol. The smallest absolute Gasteiger partial charge is 0.248 e. The van der Waals surface area contributed by atoms with Crippen LogP contribution in [0.2, 0.25) is 0 Å². The van der Waals surface area contributed by atoms with Crippen LogP contribution >= 0.6 is 15.9 Å². The maximum atomic E-state index is 13.4. The average Bonchev–Trinajstić information content (AvgIpc) is 2.78. The van der Waals surface area contributed by atoms with Crippen molar-refractivity contribution >= 4 is 15.9 Å². The summed E-state index contributed by atoms with van der Waals surface area (Å²) in [6.07, 6.45) is 2.90. The van der Waals surface area contributed by atoms with Crippen molar-refractivity contribution in [2.75, 3.05) is 6.54 Å². The molecule has 1 aliphatic carbocycles. The number of hydrogen-bond acceptors (Lipinski definition) is 2. The van der Waals surface area contributed by atoms with Crippen molar-refractivity contribution in [3.8, 4) is 0 Å². The van der Waals surface area contributed by atoms with Crippen molar-refractivity contribution in [3.05, 3.63) is 16.4 Å². The highest BCUT2D eigenvalue weighted by molar-refractivity contribution is 9.10. The van der Waals surface area contributed by atoms with Crippen molar-refractivity contribution in [1.29, 1.82) is 0 Å². The second-order valence-electron chi connectivity index (χ2n) is 6.14. The van der Waals surface area contributed by atoms with Crippen LogP contribution in [-0.4, -0.2) is 22.2 Å². The third kappa shape index (κ3) is 3.83. The predicted molar refractivity (Wildman–Crippen MR) is 83.6 cm³/mol. The van der Waals surface area contributed by atoms with Gasteiger partial charge in [0, 0.05) is 18.9 Å². The first kappa shape index (κ1) is 16.9. The fourth-order valence-corrected chi connectivity index (χ4v) is 3.68. The minimum atomic E-state index is -2.48. The maximum Gasteiger partial charge on any atom is 0.248 e. The van der Waals surface area contributed by atoms with Gasteiger partial charge in [0.15, 0.2) is 0 Å². The lowest BCUT2D eigenvalue weighted by Gasteiger charge is -2.35. The lowest BCUT2D eigenvalue weighted by Crippen LogP contribution is -2.35. The van der Waals surface area contributed by atoms with E-state index in [1.54, 1.807) is 6.20 Å². The molecule has 1 N–H and O–H groups in total. The van der Waals surface area contributed by atoms with E-state index in [1.807, 2.05) is 4.68 Å². The highest BCUT2D eigenvalue weighted by Crippen LogP contribution is 2.42. The molecule has 0 spiro atoms. The summed E-state index contributed by atoms with van der Waals surface area (Å²) in [6, 6.07) is 0.322. The molecule has 0 saturated heterocycles. The van der Waals surface area contributed by atoms with Gasteiger partial charge in [0.25, 0.3) is 0 Å². The van der Waals surface area contributed by atoms with E-state index in [0.29, 0.717) is 12.8 Å². The quantitative estimate of drug-likeness (QED) is 0.821. The fourth-order valence-electron chi connectivity index (χ4n) is 3.16. The molecule has 1 aromatic rings. The van der Waals surface area contributed by atoms with Gasteiger partial charge in [-0.05, 0) is 55.1 Å². The predicted octanol–water partition coefficient (Wildman–Crippen LogP) is 4.70. The summed E-state index contributed by atoms with van der Waals surface area (Å²) in [5, 5.41) is 7.91. The summed E-state index contributed by atoms with van der Waals surface area (Å²) in [5.74, 6) is -2.25. The highest BCUT2D eigenvalue weighted by Gasteiger charge is 2.39. The summed E-state index contributed by atoms with van der Waals surface area (Å²) < 4.78 is 29.8. The highest BCUT2D eigenvalue weighted by atomic mass is 79.9. The van der Waals surface area contributed by atoms with Crippen molar-refractivity contribution < 1.29 is 8.78 Å². The van der Waals surface area contributed by atoms with E-state index in [0.717, 1.165) is 16.7 Å². The topological polar surface area (TPSA) is 29.9 Å². The van der Waals surface area contributed by atoms with E-state index in [4.69, 9.17) is 0 Å². The van der Waals surface area contributed by atoms with Crippen molar-refractivity contribution in [2.24, 2.45) is 5.92 Å². The van der Waals surface area contributed by atoms with Gasteiger partial charge >= 0.3 is 0 Å². The van der Waals surface area contributed by atoms with E-state index in [2.05, 4.69) is 47.1 Å². The second kappa shape index (κ2) is 6.73. The molecule has 120 valence electrons. The molecule has 0 amide bonds. The Morgan fingerprint density at radius 3 is 2.57 bits per heavy atom. The Hall–Kier alpha value is -0.490. The van der Waals surface area contributed by atoms with E-state index in [9.17, 15) is 8.78 Å². The summed E-state index contributed by atoms with van der Waals surface area (Å²) >= 11 is 3.57. The van der Waals surface area contributed by atoms with Crippen LogP contribution in [0.15, 0.2) is 10.7 Å². The van der Waals surface area contributed by atoms with Gasteiger partial charge in [0.1, 0.15) is 0 Å². The number of alkyl halides is 2. The third-order valence-corrected chi connectivity index (χ3v) is 4.84. The van der Waals surface area contributed by atoms with Crippen LogP contribution in [0.5, 0.6) is 0 Å². The molecule has 0 bridgehead atoms. The summed E-state index contributed by atoms with van der Waals surface area (Å²) in [5.41, 5.74) is 1.09. The lowest BCUT2D eigenvalue weighted by atomic mass is 9.81. The lowest BCUT2D eigenvalue weighted by molar-refractivity contribution is -0.0500. The van der Waals surface area contributed by atoms with Crippen molar-refractivity contribution in [3.63, 3.8) is 0 Å². The van der Waals surface area contributed by atoms with Crippen molar-refractivity contribution in [1.82, 2.24) is 15.1 Å². The minimum absolute atomic E-state index is 0.00695. The first-order chi connectivity index (χ1) is 9.85. The van der Waals surface area contributed by atoms with E-state index in [1.165, 1.54) is 0 Å². The Kier molecular flexibility index (Phi) is 5.41. The molecule has 0 aromatic carbocycles. The van der Waals surface area contributed by atoms with Gasteiger partial charge in [0.2, 0.25) is 5.92 Å². The Balaban J connectivity index is 2.25. The van der Waals surface area contributed by atoms with Gasteiger partial charge in [-0.3, -0.25) is 4.68 Å². The van der Waals surface area contributed by atoms with Crippen LogP contribution in [0.25, 0.3) is 0 Å². The van der Waals surface area contributed by atoms with E-state index < -0.39 is 5.92 Å². The first-order valence-electron chi connectivity index (χ1n) is 7.70. The summed E-state index contributed by atoms with van der Waals surface area (Å²) in [4.78, 5) is 0. The summed E-state index contributed by atoms with van der Waals surface area (Å²) in [6.45, 7) is 7.03. The zero-order valence-electron chi connectivity index (χ0n) is 12.9. The molecule has 6 heteroatoms. The largest absolute Gasteiger partial charge is 0.309 e. The molecule has 1 saturated carbocycles. The van der Waals surface area contributed by atoms with Gasteiger partial charge in [-0.2, -0.15) is 5.10 Å². The van der Waals surface area contributed by atoms with Gasteiger partial charge in [0.05, 0.1) is 22.4 Å². The van der Waals surface area contributed by atoms with Gasteiger partial charge in [-0.15, -0.1) is 0 Å². The van der Waals surface area contributed by atoms with Crippen LogP contribution < -0.4 is 5.32 Å². The van der Waals surface area contributed by atoms with E-state index >= 15 is 0 Å². The fraction of sp³-hybridized carbons (Fsp3) is 0.800. The van der Waals surface area contributed by atoms with Crippen LogP contribution in [0.3, 0.4) is 0 Å². The molecular weight excluding hydrogens is 340 g/mol. The monoisotopic (exact) mass is 363 g/mol. The zero-order chi connectivity index (χ0) is 15.6. The normalized spacial score (nSPS) is 20.9. The Bertz CT molecular complexity index is 463. The molecule has 21 heavy (non-hydrogen) atoms. The van der Waals surface area contributed by atoms with Crippen LogP contribution in [0.4, 0.5) is 8.78 Å². The van der Waals surface area contributed by atoms with Gasteiger partial charge in [-0.1, -0.05) is 6.92 Å². The number of hydrogen-bond donors (Lipinski definition) is 1. The molecule has 1 atom stereocenters. The molecule has 0 radical (unpaired) electrons. The SMILES string of the molecule is CCNC(c1c(Br)cnn1C(C)C)C1CCC(F)(F)CC1. The van der Waals surface area contributed by atoms with Crippen molar-refractivity contribution in [2.45, 2.75) is 64.5 Å². The summed E-state index contributed by atoms with van der Waals surface area (Å²) in [7, 11) is 0. The molecule has 1 aliphatic rings. The Morgan fingerprint density at radius 1 is 1.43 bits per heavy atom. The first-order valence-corrected chi connectivity index (χ1v) is 8.49. The van der Waals surface area contributed by atoms with Crippen LogP contribution in [0.1, 0.15) is 64.2 Å². The standard InChI is InChI=1S/C15H24BrF2N3/c1-4-19-13(11-5-7-15(17,18)8-6-11)14-12(16)9-20-21(14)10(2)3/h9-11,13,19H,4-8H2,1-3H3. The zero-order valence-corrected chi connectivity index (χ0v) is 14.5. The molecule has 0 aliphatic heterocycles. The molecular formula is C15H24BrF2N3. The Labute approximate surface area is 133 Å². The number of halogens is 3. The molecule has 1 unspecified atom stereocenters. The number of nitrogens with one attached hydrogen (secondary N) is 1. The molecule has 3 nitrogen and oxygen atoms in total. The number of rotatable bonds is 5. The molecule has 1 fully saturated rings. The van der Waals surface area contributed by atoms with Gasteiger partial charge < -0.3 is 5.32 Å². The number of nitrogens with zero attached hydrogens (tertiary/aromatic N) is 2. The molecule has 2 rings (SSSR count). The second-order valence-corrected chi connectivity index (χ2v) is 7.00. The third-order valence-electron chi connectivity index (χ3n) is 4.23. The molecule has 1 heterocycles.